The molecule has 2 aromatic carbocycles. The Bertz CT molecular complexity index is 581. The van der Waals surface area contributed by atoms with Gasteiger partial charge >= 0.3 is 0 Å². The number of carbonyl (C=O) groups is 1. The third-order valence-electron chi connectivity index (χ3n) is 3.62. The maximum atomic E-state index is 11.0. The van der Waals surface area contributed by atoms with Crippen LogP contribution in [0.3, 0.4) is 0 Å². The number of hydrogen-bond acceptors (Lipinski definition) is 3. The van der Waals surface area contributed by atoms with Crippen LogP contribution in [0.5, 0.6) is 5.75 Å². The molecule has 0 spiro atoms. The first-order valence-electron chi connectivity index (χ1n) is 7.37. The van der Waals surface area contributed by atoms with Gasteiger partial charge in [0, 0.05) is 12.0 Å². The molecule has 0 aliphatic rings. The van der Waals surface area contributed by atoms with Crippen molar-refractivity contribution in [2.45, 2.75) is 13.0 Å². The van der Waals surface area contributed by atoms with E-state index in [-0.39, 0.29) is 6.54 Å². The van der Waals surface area contributed by atoms with E-state index in [1.807, 2.05) is 42.5 Å². The van der Waals surface area contributed by atoms with Gasteiger partial charge in [0.25, 0.3) is 0 Å². The van der Waals surface area contributed by atoms with Gasteiger partial charge in [0.2, 0.25) is 0 Å². The number of methoxy groups -OCH3 is 1. The zero-order chi connectivity index (χ0) is 15.8. The SMILES string of the molecule is COc1ccc(C[NH+](CCc2ccccc2)CC(=O)[O-])cc1. The van der Waals surface area contributed by atoms with E-state index in [4.69, 9.17) is 4.74 Å². The summed E-state index contributed by atoms with van der Waals surface area (Å²) in [6.45, 7) is 1.42. The lowest BCUT2D eigenvalue weighted by Gasteiger charge is -2.20. The fourth-order valence-corrected chi connectivity index (χ4v) is 2.44. The number of hydrogen-bond donors (Lipinski definition) is 1. The van der Waals surface area contributed by atoms with Gasteiger partial charge < -0.3 is 19.5 Å². The molecule has 1 unspecified atom stereocenters. The quantitative estimate of drug-likeness (QED) is 0.751. The van der Waals surface area contributed by atoms with E-state index in [1.165, 1.54) is 5.56 Å². The highest BCUT2D eigenvalue weighted by molar-refractivity contribution is 5.65. The Morgan fingerprint density at radius 1 is 1.05 bits per heavy atom. The zero-order valence-electron chi connectivity index (χ0n) is 12.7. The zero-order valence-corrected chi connectivity index (χ0v) is 12.7. The van der Waals surface area contributed by atoms with Crippen molar-refractivity contribution in [3.63, 3.8) is 0 Å². The number of carbonyl (C=O) groups excluding carboxylic acids is 1. The molecular formula is C18H21NO3. The number of carboxylic acid groups (broad SMARTS) is 1. The van der Waals surface area contributed by atoms with Crippen molar-refractivity contribution in [1.29, 1.82) is 0 Å². The summed E-state index contributed by atoms with van der Waals surface area (Å²) >= 11 is 0. The normalized spacial score (nSPS) is 11.9. The standard InChI is InChI=1S/C18H21NO3/c1-22-17-9-7-16(8-10-17)13-19(14-18(20)21)12-11-15-5-3-2-4-6-15/h2-10H,11-14H2,1H3,(H,20,21). The second kappa shape index (κ2) is 8.20. The number of ether oxygens (including phenoxy) is 1. The van der Waals surface area contributed by atoms with E-state index in [2.05, 4.69) is 12.1 Å². The summed E-state index contributed by atoms with van der Waals surface area (Å²) in [4.78, 5) is 11.9. The Morgan fingerprint density at radius 2 is 1.73 bits per heavy atom. The van der Waals surface area contributed by atoms with Crippen LogP contribution in [0.4, 0.5) is 0 Å². The van der Waals surface area contributed by atoms with Crippen molar-refractivity contribution in [2.24, 2.45) is 0 Å². The van der Waals surface area contributed by atoms with Crippen molar-refractivity contribution in [3.05, 3.63) is 65.7 Å². The minimum Gasteiger partial charge on any atom is -0.544 e. The summed E-state index contributed by atoms with van der Waals surface area (Å²) in [6, 6.07) is 17.8. The lowest BCUT2D eigenvalue weighted by Crippen LogP contribution is -3.12. The third-order valence-corrected chi connectivity index (χ3v) is 3.62. The molecule has 0 aliphatic heterocycles. The largest absolute Gasteiger partial charge is 0.544 e. The molecular weight excluding hydrogens is 278 g/mol. The van der Waals surface area contributed by atoms with Gasteiger partial charge in [0.1, 0.15) is 18.8 Å². The lowest BCUT2D eigenvalue weighted by atomic mass is 10.1. The average molecular weight is 299 g/mol. The molecule has 4 heteroatoms. The summed E-state index contributed by atoms with van der Waals surface area (Å²) in [6.07, 6.45) is 0.847. The average Bonchev–Trinajstić information content (AvgIpc) is 2.54. The van der Waals surface area contributed by atoms with Crippen LogP contribution in [-0.4, -0.2) is 26.2 Å². The molecule has 0 fully saturated rings. The molecule has 4 nitrogen and oxygen atoms in total. The lowest BCUT2D eigenvalue weighted by molar-refractivity contribution is -0.908. The number of carboxylic acids is 1. The van der Waals surface area contributed by atoms with Crippen molar-refractivity contribution in [1.82, 2.24) is 0 Å². The first-order chi connectivity index (χ1) is 10.7. The highest BCUT2D eigenvalue weighted by Gasteiger charge is 2.10. The van der Waals surface area contributed by atoms with Crippen LogP contribution in [0.1, 0.15) is 11.1 Å². The maximum Gasteiger partial charge on any atom is 0.118 e. The first kappa shape index (κ1) is 16.0. The summed E-state index contributed by atoms with van der Waals surface area (Å²) in [5.41, 5.74) is 2.30. The molecule has 0 radical (unpaired) electrons. The molecule has 2 aromatic rings. The van der Waals surface area contributed by atoms with E-state index in [0.717, 1.165) is 29.2 Å². The Kier molecular flexibility index (Phi) is 5.98. The smallest absolute Gasteiger partial charge is 0.118 e. The molecule has 0 saturated heterocycles. The second-order valence-electron chi connectivity index (χ2n) is 5.31. The van der Waals surface area contributed by atoms with Gasteiger partial charge in [-0.2, -0.15) is 0 Å². The van der Waals surface area contributed by atoms with E-state index in [9.17, 15) is 9.90 Å². The van der Waals surface area contributed by atoms with Crippen LogP contribution in [0.15, 0.2) is 54.6 Å². The van der Waals surface area contributed by atoms with Crippen LogP contribution in [0.25, 0.3) is 0 Å². The number of benzene rings is 2. The Hall–Kier alpha value is -2.33. The topological polar surface area (TPSA) is 53.8 Å². The molecule has 0 aliphatic carbocycles. The molecule has 22 heavy (non-hydrogen) atoms. The third kappa shape index (κ3) is 5.22. The minimum absolute atomic E-state index is 0.0128. The van der Waals surface area contributed by atoms with E-state index in [1.54, 1.807) is 7.11 Å². The summed E-state index contributed by atoms with van der Waals surface area (Å²) < 4.78 is 5.13. The predicted molar refractivity (Wildman–Crippen MR) is 82.5 cm³/mol. The molecule has 1 atom stereocenters. The number of rotatable bonds is 8. The maximum absolute atomic E-state index is 11.0. The first-order valence-corrected chi connectivity index (χ1v) is 7.37. The monoisotopic (exact) mass is 299 g/mol. The van der Waals surface area contributed by atoms with E-state index < -0.39 is 5.97 Å². The highest BCUT2D eigenvalue weighted by atomic mass is 16.5. The molecule has 2 rings (SSSR count). The Morgan fingerprint density at radius 3 is 2.32 bits per heavy atom. The van der Waals surface area contributed by atoms with Gasteiger partial charge in [-0.15, -0.1) is 0 Å². The van der Waals surface area contributed by atoms with Gasteiger partial charge in [0.15, 0.2) is 0 Å². The molecule has 0 amide bonds. The molecule has 0 saturated carbocycles. The van der Waals surface area contributed by atoms with Gasteiger partial charge in [-0.25, -0.2) is 0 Å². The van der Waals surface area contributed by atoms with Crippen molar-refractivity contribution >= 4 is 5.97 Å². The van der Waals surface area contributed by atoms with Gasteiger partial charge in [-0.1, -0.05) is 30.3 Å². The van der Waals surface area contributed by atoms with Crippen molar-refractivity contribution < 1.29 is 19.5 Å². The molecule has 1 N–H and O–H groups in total. The van der Waals surface area contributed by atoms with Crippen LogP contribution >= 0.6 is 0 Å². The van der Waals surface area contributed by atoms with Crippen LogP contribution in [0, 0.1) is 0 Å². The molecule has 0 heterocycles. The Balaban J connectivity index is 1.97. The van der Waals surface area contributed by atoms with Crippen LogP contribution in [0.2, 0.25) is 0 Å². The van der Waals surface area contributed by atoms with Crippen molar-refractivity contribution in [3.8, 4) is 5.75 Å². The number of nitrogens with one attached hydrogen (secondary N) is 1. The van der Waals surface area contributed by atoms with Gasteiger partial charge in [-0.3, -0.25) is 0 Å². The fourth-order valence-electron chi connectivity index (χ4n) is 2.44. The second-order valence-corrected chi connectivity index (χ2v) is 5.31. The summed E-state index contributed by atoms with van der Waals surface area (Å²) in [5.74, 6) is -0.217. The Labute approximate surface area is 131 Å². The van der Waals surface area contributed by atoms with Gasteiger partial charge in [-0.05, 0) is 29.8 Å². The van der Waals surface area contributed by atoms with Crippen molar-refractivity contribution in [2.75, 3.05) is 20.2 Å². The number of quaternary nitrogens is 1. The van der Waals surface area contributed by atoms with E-state index >= 15 is 0 Å². The highest BCUT2D eigenvalue weighted by Crippen LogP contribution is 2.10. The fraction of sp³-hybridized carbons (Fsp3) is 0.278. The number of aliphatic carboxylic acids is 1. The molecule has 116 valence electrons. The molecule has 0 aromatic heterocycles. The minimum atomic E-state index is -1.02. The van der Waals surface area contributed by atoms with Crippen LogP contribution in [-0.2, 0) is 17.8 Å². The van der Waals surface area contributed by atoms with Crippen LogP contribution < -0.4 is 14.7 Å². The van der Waals surface area contributed by atoms with E-state index in [0.29, 0.717) is 6.54 Å². The summed E-state index contributed by atoms with van der Waals surface area (Å²) in [5, 5.41) is 11.0. The summed E-state index contributed by atoms with van der Waals surface area (Å²) in [7, 11) is 1.63. The van der Waals surface area contributed by atoms with Gasteiger partial charge in [0.05, 0.1) is 19.6 Å². The molecule has 0 bridgehead atoms. The predicted octanol–water partition coefficient (Wildman–Crippen LogP) is 0.0727.